The Morgan fingerprint density at radius 3 is 2.38 bits per heavy atom. The third-order valence-corrected chi connectivity index (χ3v) is 3.42. The number of nitrogens with one attached hydrogen (secondary N) is 2. The fourth-order valence-corrected chi connectivity index (χ4v) is 2.23. The molecule has 6 nitrogen and oxygen atoms in total. The van der Waals surface area contributed by atoms with Crippen LogP contribution >= 0.6 is 15.9 Å². The van der Waals surface area contributed by atoms with E-state index in [-0.39, 0.29) is 0 Å². The van der Waals surface area contributed by atoms with Crippen molar-refractivity contribution >= 4 is 33.6 Å². The van der Waals surface area contributed by atoms with Crippen LogP contribution in [0, 0.1) is 5.41 Å². The van der Waals surface area contributed by atoms with Crippen LogP contribution in [0.2, 0.25) is 0 Å². The van der Waals surface area contributed by atoms with Crippen molar-refractivity contribution in [2.75, 3.05) is 12.4 Å². The van der Waals surface area contributed by atoms with Gasteiger partial charge in [-0.25, -0.2) is 9.59 Å². The Kier molecular flexibility index (Phi) is 5.60. The molecule has 1 rings (SSSR count). The molecule has 21 heavy (non-hydrogen) atoms. The first-order valence-electron chi connectivity index (χ1n) is 6.29. The number of benzene rings is 1. The van der Waals surface area contributed by atoms with E-state index in [0.717, 1.165) is 0 Å². The summed E-state index contributed by atoms with van der Waals surface area (Å²) in [6.07, 6.45) is 0. The maximum absolute atomic E-state index is 11.9. The number of ether oxygens (including phenoxy) is 1. The smallest absolute Gasteiger partial charge is 0.326 e. The Balaban J connectivity index is 2.77. The monoisotopic (exact) mass is 358 g/mol. The largest absolute Gasteiger partial charge is 0.496 e. The molecule has 0 saturated heterocycles. The van der Waals surface area contributed by atoms with Crippen molar-refractivity contribution in [3.63, 3.8) is 0 Å². The zero-order valence-corrected chi connectivity index (χ0v) is 13.9. The van der Waals surface area contributed by atoms with E-state index in [9.17, 15) is 9.59 Å². The van der Waals surface area contributed by atoms with E-state index < -0.39 is 23.5 Å². The molecule has 0 unspecified atom stereocenters. The van der Waals surface area contributed by atoms with Crippen molar-refractivity contribution < 1.29 is 19.4 Å². The number of carboxylic acid groups (broad SMARTS) is 1. The molecule has 0 aromatic heterocycles. The van der Waals surface area contributed by atoms with E-state index in [0.29, 0.717) is 15.9 Å². The van der Waals surface area contributed by atoms with Gasteiger partial charge in [0.05, 0.1) is 11.6 Å². The average molecular weight is 359 g/mol. The van der Waals surface area contributed by atoms with E-state index in [1.165, 1.54) is 0 Å². The van der Waals surface area contributed by atoms with Gasteiger partial charge in [-0.15, -0.1) is 0 Å². The Morgan fingerprint density at radius 1 is 1.33 bits per heavy atom. The van der Waals surface area contributed by atoms with Gasteiger partial charge in [0.25, 0.3) is 0 Å². The minimum atomic E-state index is -1.08. The molecule has 1 aromatic rings. The topological polar surface area (TPSA) is 87.7 Å². The van der Waals surface area contributed by atoms with E-state index in [4.69, 9.17) is 9.84 Å². The molecule has 0 spiro atoms. The third-order valence-electron chi connectivity index (χ3n) is 2.80. The van der Waals surface area contributed by atoms with Crippen LogP contribution < -0.4 is 15.4 Å². The van der Waals surface area contributed by atoms with Gasteiger partial charge >= 0.3 is 12.0 Å². The minimum Gasteiger partial charge on any atom is -0.496 e. The average Bonchev–Trinajstić information content (AvgIpc) is 2.34. The van der Waals surface area contributed by atoms with Crippen molar-refractivity contribution in [2.45, 2.75) is 26.8 Å². The number of carboxylic acids is 1. The Hall–Kier alpha value is -1.76. The Labute approximate surface area is 132 Å². The first-order valence-corrected chi connectivity index (χ1v) is 7.08. The summed E-state index contributed by atoms with van der Waals surface area (Å²) in [6.45, 7) is 5.24. The lowest BCUT2D eigenvalue weighted by atomic mass is 9.87. The highest BCUT2D eigenvalue weighted by molar-refractivity contribution is 9.10. The molecule has 0 bridgehead atoms. The van der Waals surface area contributed by atoms with E-state index in [1.54, 1.807) is 46.1 Å². The summed E-state index contributed by atoms with van der Waals surface area (Å²) in [4.78, 5) is 23.1. The molecule has 1 atom stereocenters. The lowest BCUT2D eigenvalue weighted by molar-refractivity contribution is -0.141. The molecule has 0 aliphatic rings. The minimum absolute atomic E-state index is 0.526. The summed E-state index contributed by atoms with van der Waals surface area (Å²) < 4.78 is 5.78. The molecule has 0 aliphatic heterocycles. The Morgan fingerprint density at radius 2 is 1.95 bits per heavy atom. The van der Waals surface area contributed by atoms with Gasteiger partial charge in [0.15, 0.2) is 0 Å². The molecule has 0 aliphatic carbocycles. The lowest BCUT2D eigenvalue weighted by Crippen LogP contribution is -2.50. The van der Waals surface area contributed by atoms with Gasteiger partial charge in [0.1, 0.15) is 11.8 Å². The zero-order valence-electron chi connectivity index (χ0n) is 12.4. The highest BCUT2D eigenvalue weighted by Gasteiger charge is 2.32. The molecule has 1 aromatic carbocycles. The normalized spacial score (nSPS) is 12.4. The number of aliphatic carboxylic acids is 1. The van der Waals surface area contributed by atoms with Crippen LogP contribution in [-0.2, 0) is 4.79 Å². The summed E-state index contributed by atoms with van der Waals surface area (Å²) in [7, 11) is 1.54. The summed E-state index contributed by atoms with van der Waals surface area (Å²) in [5.41, 5.74) is -0.0675. The number of carbonyl (C=O) groups excluding carboxylic acids is 1. The van der Waals surface area contributed by atoms with Crippen LogP contribution in [0.4, 0.5) is 10.5 Å². The first-order chi connectivity index (χ1) is 9.65. The maximum Gasteiger partial charge on any atom is 0.326 e. The number of hydrogen-bond donors (Lipinski definition) is 3. The number of urea groups is 1. The molecule has 7 heteroatoms. The number of halogens is 1. The van der Waals surface area contributed by atoms with Crippen molar-refractivity contribution in [2.24, 2.45) is 5.41 Å². The van der Waals surface area contributed by atoms with Crippen LogP contribution in [0.1, 0.15) is 20.8 Å². The van der Waals surface area contributed by atoms with Gasteiger partial charge in [-0.05, 0) is 39.5 Å². The summed E-state index contributed by atoms with van der Waals surface area (Å²) in [5.74, 6) is -0.437. The number of methoxy groups -OCH3 is 1. The van der Waals surface area contributed by atoms with Gasteiger partial charge in [0.2, 0.25) is 0 Å². The first kappa shape index (κ1) is 17.3. The van der Waals surface area contributed by atoms with Crippen molar-refractivity contribution in [3.8, 4) is 5.75 Å². The number of carbonyl (C=O) groups is 2. The second-order valence-electron chi connectivity index (χ2n) is 5.59. The standard InChI is InChI=1S/C14H19BrN2O4/c1-14(2,3)11(12(18)19)17-13(20)16-8-5-6-10(21-4)9(15)7-8/h5-7,11H,1-4H3,(H,18,19)(H2,16,17,20)/t11-/m0/s1. The van der Waals surface area contributed by atoms with E-state index >= 15 is 0 Å². The van der Waals surface area contributed by atoms with E-state index in [1.807, 2.05) is 0 Å². The molecule has 116 valence electrons. The quantitative estimate of drug-likeness (QED) is 0.771. The SMILES string of the molecule is COc1ccc(NC(=O)N[C@@H](C(=O)O)C(C)(C)C)cc1Br. The van der Waals surface area contributed by atoms with Crippen molar-refractivity contribution in [1.29, 1.82) is 0 Å². The predicted molar refractivity (Wildman–Crippen MR) is 83.7 cm³/mol. The second-order valence-corrected chi connectivity index (χ2v) is 6.44. The molecule has 2 amide bonds. The summed E-state index contributed by atoms with van der Waals surface area (Å²) in [6, 6.07) is 3.47. The number of rotatable bonds is 4. The van der Waals surface area contributed by atoms with Crippen LogP contribution in [0.5, 0.6) is 5.75 Å². The second kappa shape index (κ2) is 6.80. The van der Waals surface area contributed by atoms with Crippen LogP contribution in [0.15, 0.2) is 22.7 Å². The van der Waals surface area contributed by atoms with Gasteiger partial charge in [-0.2, -0.15) is 0 Å². The highest BCUT2D eigenvalue weighted by Crippen LogP contribution is 2.27. The summed E-state index contributed by atoms with van der Waals surface area (Å²) in [5, 5.41) is 14.2. The Bertz CT molecular complexity index is 540. The molecule has 0 fully saturated rings. The maximum atomic E-state index is 11.9. The molecule has 3 N–H and O–H groups in total. The number of hydrogen-bond acceptors (Lipinski definition) is 3. The highest BCUT2D eigenvalue weighted by atomic mass is 79.9. The van der Waals surface area contributed by atoms with Gasteiger partial charge in [0, 0.05) is 5.69 Å². The van der Waals surface area contributed by atoms with Gasteiger partial charge in [-0.3, -0.25) is 0 Å². The van der Waals surface area contributed by atoms with Gasteiger partial charge < -0.3 is 20.5 Å². The lowest BCUT2D eigenvalue weighted by Gasteiger charge is -2.27. The van der Waals surface area contributed by atoms with Crippen molar-refractivity contribution in [3.05, 3.63) is 22.7 Å². The molecular formula is C14H19BrN2O4. The summed E-state index contributed by atoms with van der Waals surface area (Å²) >= 11 is 3.31. The predicted octanol–water partition coefficient (Wildman–Crippen LogP) is 3.08. The van der Waals surface area contributed by atoms with Crippen LogP contribution in [0.3, 0.4) is 0 Å². The molecule has 0 radical (unpaired) electrons. The fraction of sp³-hybridized carbons (Fsp3) is 0.429. The van der Waals surface area contributed by atoms with Crippen molar-refractivity contribution in [1.82, 2.24) is 5.32 Å². The number of amides is 2. The number of anilines is 1. The molecule has 0 heterocycles. The molecular weight excluding hydrogens is 340 g/mol. The van der Waals surface area contributed by atoms with Crippen LogP contribution in [0.25, 0.3) is 0 Å². The third kappa shape index (κ3) is 4.93. The van der Waals surface area contributed by atoms with E-state index in [2.05, 4.69) is 26.6 Å². The fourth-order valence-electron chi connectivity index (χ4n) is 1.69. The van der Waals surface area contributed by atoms with Crippen LogP contribution in [-0.4, -0.2) is 30.3 Å². The zero-order chi connectivity index (χ0) is 16.2. The molecule has 0 saturated carbocycles. The van der Waals surface area contributed by atoms with Gasteiger partial charge in [-0.1, -0.05) is 20.8 Å².